The fraction of sp³-hybridized carbons (Fsp3) is 0.667. The number of carbonyl (C=O) groups excluding carboxylic acids is 1. The van der Waals surface area contributed by atoms with Crippen LogP contribution >= 0.6 is 0 Å². The Morgan fingerprint density at radius 3 is 2.88 bits per heavy atom. The number of imidazole rings is 1. The highest BCUT2D eigenvalue weighted by molar-refractivity contribution is 5.78. The monoisotopic (exact) mass is 238 g/mol. The number of nitrogens with zero attached hydrogens (tertiary/aromatic N) is 2. The van der Waals surface area contributed by atoms with Gasteiger partial charge < -0.3 is 15.6 Å². The number of hydrogen-bond acceptors (Lipinski definition) is 3. The van der Waals surface area contributed by atoms with Crippen LogP contribution in [0.3, 0.4) is 0 Å². The van der Waals surface area contributed by atoms with Crippen molar-refractivity contribution in [2.45, 2.75) is 39.3 Å². The molecule has 1 amide bonds. The van der Waals surface area contributed by atoms with E-state index in [1.807, 2.05) is 24.6 Å². The number of aromatic nitrogens is 2. The van der Waals surface area contributed by atoms with Gasteiger partial charge in [0.15, 0.2) is 0 Å². The minimum Gasteiger partial charge on any atom is -0.352 e. The van der Waals surface area contributed by atoms with Crippen LogP contribution in [-0.4, -0.2) is 28.0 Å². The summed E-state index contributed by atoms with van der Waals surface area (Å²) in [6.07, 6.45) is 7.12. The van der Waals surface area contributed by atoms with Crippen LogP contribution in [0.25, 0.3) is 0 Å². The molecule has 2 atom stereocenters. The van der Waals surface area contributed by atoms with Crippen LogP contribution in [0.2, 0.25) is 0 Å². The lowest BCUT2D eigenvalue weighted by atomic mass is 10.0. The highest BCUT2D eigenvalue weighted by Crippen LogP contribution is 2.05. The van der Waals surface area contributed by atoms with E-state index in [-0.39, 0.29) is 17.9 Å². The molecule has 1 aromatic heterocycles. The molecule has 5 heteroatoms. The molecule has 3 N–H and O–H groups in total. The van der Waals surface area contributed by atoms with Crippen LogP contribution in [0, 0.1) is 5.92 Å². The van der Waals surface area contributed by atoms with Gasteiger partial charge in [-0.05, 0) is 26.3 Å². The summed E-state index contributed by atoms with van der Waals surface area (Å²) in [5, 5.41) is 3.00. The molecule has 17 heavy (non-hydrogen) atoms. The topological polar surface area (TPSA) is 72.9 Å². The molecular formula is C12H22N4O. The second kappa shape index (κ2) is 7.06. The molecule has 1 rings (SSSR count). The Kier molecular flexibility index (Phi) is 5.69. The van der Waals surface area contributed by atoms with Crippen molar-refractivity contribution in [2.24, 2.45) is 11.7 Å². The Labute approximate surface area is 102 Å². The molecule has 1 aromatic rings. The smallest absolute Gasteiger partial charge is 0.223 e. The second-order valence-electron chi connectivity index (χ2n) is 4.50. The summed E-state index contributed by atoms with van der Waals surface area (Å²) >= 11 is 0. The molecule has 0 radical (unpaired) electrons. The Balaban J connectivity index is 2.30. The van der Waals surface area contributed by atoms with E-state index in [0.29, 0.717) is 6.54 Å². The van der Waals surface area contributed by atoms with Crippen molar-refractivity contribution in [3.05, 3.63) is 18.7 Å². The molecule has 0 saturated carbocycles. The van der Waals surface area contributed by atoms with Crippen molar-refractivity contribution in [3.63, 3.8) is 0 Å². The summed E-state index contributed by atoms with van der Waals surface area (Å²) in [5.74, 6) is 0.134. The first-order valence-electron chi connectivity index (χ1n) is 6.09. The summed E-state index contributed by atoms with van der Waals surface area (Å²) in [6.45, 7) is 5.32. The number of nitrogens with two attached hydrogens (primary N) is 1. The maximum Gasteiger partial charge on any atom is 0.223 e. The molecule has 0 bridgehead atoms. The minimum absolute atomic E-state index is 0.0313. The van der Waals surface area contributed by atoms with Crippen LogP contribution in [0.1, 0.15) is 26.7 Å². The van der Waals surface area contributed by atoms with Crippen LogP contribution in [-0.2, 0) is 11.3 Å². The van der Waals surface area contributed by atoms with Crippen LogP contribution in [0.5, 0.6) is 0 Å². The predicted molar refractivity (Wildman–Crippen MR) is 67.3 cm³/mol. The van der Waals surface area contributed by atoms with E-state index in [4.69, 9.17) is 5.73 Å². The van der Waals surface area contributed by atoms with Gasteiger partial charge in [-0.15, -0.1) is 0 Å². The maximum atomic E-state index is 11.8. The van der Waals surface area contributed by atoms with E-state index < -0.39 is 0 Å². The van der Waals surface area contributed by atoms with Gasteiger partial charge >= 0.3 is 0 Å². The van der Waals surface area contributed by atoms with Gasteiger partial charge in [0.1, 0.15) is 0 Å². The van der Waals surface area contributed by atoms with Crippen LogP contribution in [0.15, 0.2) is 18.7 Å². The summed E-state index contributed by atoms with van der Waals surface area (Å²) in [5.41, 5.74) is 5.43. The number of carbonyl (C=O) groups is 1. The maximum absolute atomic E-state index is 11.8. The average molecular weight is 238 g/mol. The van der Waals surface area contributed by atoms with Gasteiger partial charge in [0.25, 0.3) is 0 Å². The third kappa shape index (κ3) is 4.99. The molecule has 96 valence electrons. The molecule has 0 aliphatic rings. The van der Waals surface area contributed by atoms with E-state index in [0.717, 1.165) is 19.4 Å². The van der Waals surface area contributed by atoms with Crippen molar-refractivity contribution >= 4 is 5.91 Å². The summed E-state index contributed by atoms with van der Waals surface area (Å²) in [6, 6.07) is 0.108. The minimum atomic E-state index is 0.0313. The van der Waals surface area contributed by atoms with Crippen molar-refractivity contribution in [2.75, 3.05) is 6.54 Å². The van der Waals surface area contributed by atoms with Gasteiger partial charge in [-0.3, -0.25) is 4.79 Å². The molecule has 0 aliphatic heterocycles. The van der Waals surface area contributed by atoms with Crippen molar-refractivity contribution in [1.29, 1.82) is 0 Å². The lowest BCUT2D eigenvalue weighted by molar-refractivity contribution is -0.125. The van der Waals surface area contributed by atoms with Gasteiger partial charge in [-0.2, -0.15) is 0 Å². The normalized spacial score (nSPS) is 14.3. The molecule has 0 aromatic carbocycles. The molecule has 1 heterocycles. The first-order chi connectivity index (χ1) is 8.13. The molecule has 2 unspecified atom stereocenters. The Morgan fingerprint density at radius 1 is 1.53 bits per heavy atom. The lowest BCUT2D eigenvalue weighted by Crippen LogP contribution is -2.38. The Bertz CT molecular complexity index is 323. The summed E-state index contributed by atoms with van der Waals surface area (Å²) < 4.78 is 1.95. The standard InChI is InChI=1S/C12H22N4O/c1-10(4-3-5-13)12(17)15-11(2)8-16-7-6-14-9-16/h6-7,9-11H,3-5,8,13H2,1-2H3,(H,15,17). The average Bonchev–Trinajstić information content (AvgIpc) is 2.78. The zero-order valence-electron chi connectivity index (χ0n) is 10.6. The van der Waals surface area contributed by atoms with E-state index in [1.54, 1.807) is 12.5 Å². The van der Waals surface area contributed by atoms with E-state index in [9.17, 15) is 4.79 Å². The zero-order chi connectivity index (χ0) is 12.7. The van der Waals surface area contributed by atoms with Crippen molar-refractivity contribution < 1.29 is 4.79 Å². The number of nitrogens with one attached hydrogen (secondary N) is 1. The fourth-order valence-electron chi connectivity index (χ4n) is 1.70. The molecular weight excluding hydrogens is 216 g/mol. The third-order valence-electron chi connectivity index (χ3n) is 2.72. The summed E-state index contributed by atoms with van der Waals surface area (Å²) in [4.78, 5) is 15.8. The number of amides is 1. The quantitative estimate of drug-likeness (QED) is 0.736. The molecule has 0 aliphatic carbocycles. The van der Waals surface area contributed by atoms with Crippen molar-refractivity contribution in [1.82, 2.24) is 14.9 Å². The zero-order valence-corrected chi connectivity index (χ0v) is 10.6. The highest BCUT2D eigenvalue weighted by Gasteiger charge is 2.14. The highest BCUT2D eigenvalue weighted by atomic mass is 16.1. The van der Waals surface area contributed by atoms with Gasteiger partial charge in [-0.1, -0.05) is 6.92 Å². The first kappa shape index (κ1) is 13.7. The SMILES string of the molecule is CC(Cn1ccnc1)NC(=O)C(C)CCCN. The summed E-state index contributed by atoms with van der Waals surface area (Å²) in [7, 11) is 0. The van der Waals surface area contributed by atoms with E-state index >= 15 is 0 Å². The largest absolute Gasteiger partial charge is 0.352 e. The number of hydrogen-bond donors (Lipinski definition) is 2. The van der Waals surface area contributed by atoms with Crippen molar-refractivity contribution in [3.8, 4) is 0 Å². The van der Waals surface area contributed by atoms with Gasteiger partial charge in [0, 0.05) is 30.9 Å². The Morgan fingerprint density at radius 2 is 2.29 bits per heavy atom. The van der Waals surface area contributed by atoms with Crippen LogP contribution < -0.4 is 11.1 Å². The fourth-order valence-corrected chi connectivity index (χ4v) is 1.70. The first-order valence-corrected chi connectivity index (χ1v) is 6.09. The van der Waals surface area contributed by atoms with E-state index in [2.05, 4.69) is 10.3 Å². The van der Waals surface area contributed by atoms with Gasteiger partial charge in [0.05, 0.1) is 6.33 Å². The molecule has 0 fully saturated rings. The van der Waals surface area contributed by atoms with Gasteiger partial charge in [-0.25, -0.2) is 4.98 Å². The molecule has 0 spiro atoms. The van der Waals surface area contributed by atoms with Gasteiger partial charge in [0.2, 0.25) is 5.91 Å². The lowest BCUT2D eigenvalue weighted by Gasteiger charge is -2.17. The molecule has 5 nitrogen and oxygen atoms in total. The molecule has 0 saturated heterocycles. The second-order valence-corrected chi connectivity index (χ2v) is 4.50. The predicted octanol–water partition coefficient (Wildman–Crippen LogP) is 0.763. The Hall–Kier alpha value is -1.36. The van der Waals surface area contributed by atoms with E-state index in [1.165, 1.54) is 0 Å². The third-order valence-corrected chi connectivity index (χ3v) is 2.72. The number of rotatable bonds is 7. The van der Waals surface area contributed by atoms with Crippen LogP contribution in [0.4, 0.5) is 0 Å².